The minimum atomic E-state index is -4.40. The molecule has 7 heteroatoms. The second-order valence-electron chi connectivity index (χ2n) is 4.11. The quantitative estimate of drug-likeness (QED) is 0.863. The topological polar surface area (TPSA) is 24.9 Å². The molecule has 1 aromatic heterocycles. The molecule has 0 saturated carbocycles. The normalized spacial score (nSPS) is 20.3. The van der Waals surface area contributed by atoms with Crippen LogP contribution in [0.1, 0.15) is 18.4 Å². The van der Waals surface area contributed by atoms with Crippen LogP contribution in [0.4, 0.5) is 13.2 Å². The van der Waals surface area contributed by atoms with Gasteiger partial charge in [0.05, 0.1) is 10.6 Å². The van der Waals surface area contributed by atoms with Crippen molar-refractivity contribution in [3.8, 4) is 0 Å². The van der Waals surface area contributed by atoms with Gasteiger partial charge in [0.25, 0.3) is 0 Å². The summed E-state index contributed by atoms with van der Waals surface area (Å²) in [5.74, 6) is 0.776. The lowest BCUT2D eigenvalue weighted by molar-refractivity contribution is -0.137. The number of rotatable bonds is 3. The second-order valence-corrected chi connectivity index (χ2v) is 5.53. The highest BCUT2D eigenvalue weighted by Crippen LogP contribution is 2.34. The van der Waals surface area contributed by atoms with Crippen LogP contribution >= 0.6 is 23.4 Å². The molecule has 1 aliphatic rings. The van der Waals surface area contributed by atoms with Gasteiger partial charge in [0.15, 0.2) is 0 Å². The Morgan fingerprint density at radius 1 is 1.50 bits per heavy atom. The van der Waals surface area contributed by atoms with Gasteiger partial charge in [0.2, 0.25) is 0 Å². The van der Waals surface area contributed by atoms with Gasteiger partial charge < -0.3 is 5.32 Å². The molecular formula is C11H12ClF3N2S. The van der Waals surface area contributed by atoms with Crippen molar-refractivity contribution in [2.45, 2.75) is 30.1 Å². The average Bonchev–Trinajstić information content (AvgIpc) is 2.79. The van der Waals surface area contributed by atoms with Gasteiger partial charge >= 0.3 is 6.18 Å². The second kappa shape index (κ2) is 5.67. The summed E-state index contributed by atoms with van der Waals surface area (Å²) in [7, 11) is 0. The molecule has 18 heavy (non-hydrogen) atoms. The smallest absolute Gasteiger partial charge is 0.313 e. The Balaban J connectivity index is 2.01. The van der Waals surface area contributed by atoms with Gasteiger partial charge in [-0.2, -0.15) is 13.2 Å². The summed E-state index contributed by atoms with van der Waals surface area (Å²) < 4.78 is 37.2. The van der Waals surface area contributed by atoms with E-state index in [-0.39, 0.29) is 5.02 Å². The van der Waals surface area contributed by atoms with Crippen molar-refractivity contribution in [3.63, 3.8) is 0 Å². The molecule has 100 valence electrons. The van der Waals surface area contributed by atoms with Crippen LogP contribution in [0.2, 0.25) is 5.02 Å². The molecule has 0 aromatic carbocycles. The number of aromatic nitrogens is 1. The van der Waals surface area contributed by atoms with Crippen LogP contribution in [0.3, 0.4) is 0 Å². The summed E-state index contributed by atoms with van der Waals surface area (Å²) in [6.45, 7) is 0.999. The maximum atomic E-state index is 12.4. The Labute approximate surface area is 112 Å². The van der Waals surface area contributed by atoms with Gasteiger partial charge in [-0.15, -0.1) is 11.8 Å². The van der Waals surface area contributed by atoms with Crippen LogP contribution in [0, 0.1) is 0 Å². The van der Waals surface area contributed by atoms with E-state index in [1.807, 2.05) is 0 Å². The summed E-state index contributed by atoms with van der Waals surface area (Å²) in [6, 6.07) is 1.33. The largest absolute Gasteiger partial charge is 0.417 e. The highest BCUT2D eigenvalue weighted by Gasteiger charge is 2.31. The lowest BCUT2D eigenvalue weighted by Crippen LogP contribution is -2.23. The van der Waals surface area contributed by atoms with E-state index in [1.165, 1.54) is 11.8 Å². The fourth-order valence-corrected chi connectivity index (χ4v) is 3.06. The van der Waals surface area contributed by atoms with E-state index in [1.54, 1.807) is 0 Å². The van der Waals surface area contributed by atoms with E-state index in [0.29, 0.717) is 11.1 Å². The van der Waals surface area contributed by atoms with Crippen LogP contribution in [-0.2, 0) is 6.18 Å². The number of alkyl halides is 3. The molecule has 1 aromatic rings. The predicted molar refractivity (Wildman–Crippen MR) is 66.0 cm³/mol. The zero-order valence-corrected chi connectivity index (χ0v) is 11.0. The van der Waals surface area contributed by atoms with E-state index in [2.05, 4.69) is 10.3 Å². The first-order chi connectivity index (χ1) is 8.47. The number of hydrogen-bond acceptors (Lipinski definition) is 3. The van der Waals surface area contributed by atoms with Crippen molar-refractivity contribution in [1.29, 1.82) is 0 Å². The number of thioether (sulfide) groups is 1. The van der Waals surface area contributed by atoms with Crippen LogP contribution in [0.15, 0.2) is 17.3 Å². The highest BCUT2D eigenvalue weighted by atomic mass is 35.5. The molecule has 1 aliphatic heterocycles. The Morgan fingerprint density at radius 3 is 2.83 bits per heavy atom. The molecule has 2 heterocycles. The molecule has 1 atom stereocenters. The molecule has 0 unspecified atom stereocenters. The Kier molecular flexibility index (Phi) is 4.40. The molecule has 0 bridgehead atoms. The first kappa shape index (κ1) is 14.0. The minimum absolute atomic E-state index is 0.0628. The van der Waals surface area contributed by atoms with Gasteiger partial charge in [-0.25, -0.2) is 4.98 Å². The van der Waals surface area contributed by atoms with Crippen molar-refractivity contribution in [2.75, 3.05) is 12.3 Å². The monoisotopic (exact) mass is 296 g/mol. The summed E-state index contributed by atoms with van der Waals surface area (Å²) >= 11 is 7.21. The Hall–Kier alpha value is -0.460. The van der Waals surface area contributed by atoms with Crippen LogP contribution in [0.5, 0.6) is 0 Å². The van der Waals surface area contributed by atoms with Crippen molar-refractivity contribution in [3.05, 3.63) is 22.8 Å². The van der Waals surface area contributed by atoms with E-state index in [9.17, 15) is 13.2 Å². The minimum Gasteiger partial charge on any atom is -0.313 e. The van der Waals surface area contributed by atoms with Gasteiger partial charge in [-0.1, -0.05) is 11.6 Å². The molecule has 2 rings (SSSR count). The van der Waals surface area contributed by atoms with E-state index in [4.69, 9.17) is 11.6 Å². The van der Waals surface area contributed by atoms with Crippen LogP contribution in [0.25, 0.3) is 0 Å². The van der Waals surface area contributed by atoms with Crippen molar-refractivity contribution < 1.29 is 13.2 Å². The number of hydrogen-bond donors (Lipinski definition) is 1. The maximum absolute atomic E-state index is 12.4. The third kappa shape index (κ3) is 3.52. The highest BCUT2D eigenvalue weighted by molar-refractivity contribution is 7.99. The summed E-state index contributed by atoms with van der Waals surface area (Å²) in [4.78, 5) is 3.79. The van der Waals surface area contributed by atoms with Crippen molar-refractivity contribution in [2.24, 2.45) is 0 Å². The van der Waals surface area contributed by atoms with Gasteiger partial charge in [-0.05, 0) is 25.5 Å². The number of nitrogens with one attached hydrogen (secondary N) is 1. The first-order valence-corrected chi connectivity index (χ1v) is 6.92. The fraction of sp³-hybridized carbons (Fsp3) is 0.545. The Bertz CT molecular complexity index is 419. The zero-order valence-electron chi connectivity index (χ0n) is 9.43. The summed E-state index contributed by atoms with van der Waals surface area (Å²) in [5.41, 5.74) is -0.809. The molecule has 1 N–H and O–H groups in total. The standard InChI is InChI=1S/C11H12ClF3N2S/c12-9-4-7(11(13,14)15)5-17-10(9)18-6-8-2-1-3-16-8/h4-5,8,16H,1-3,6H2/t8-/m1/s1. The first-order valence-electron chi connectivity index (χ1n) is 5.56. The molecule has 2 nitrogen and oxygen atoms in total. The van der Waals surface area contributed by atoms with Crippen LogP contribution in [-0.4, -0.2) is 23.3 Å². The average molecular weight is 297 g/mol. The molecule has 0 spiro atoms. The molecule has 0 amide bonds. The number of pyridine rings is 1. The summed E-state index contributed by atoms with van der Waals surface area (Å²) in [5, 5.41) is 3.83. The zero-order chi connectivity index (χ0) is 13.2. The maximum Gasteiger partial charge on any atom is 0.417 e. The van der Waals surface area contributed by atoms with Gasteiger partial charge in [-0.3, -0.25) is 0 Å². The fourth-order valence-electron chi connectivity index (χ4n) is 1.77. The van der Waals surface area contributed by atoms with E-state index in [0.717, 1.165) is 37.4 Å². The van der Waals surface area contributed by atoms with Crippen LogP contribution < -0.4 is 5.32 Å². The molecule has 0 radical (unpaired) electrons. The third-order valence-corrected chi connectivity index (χ3v) is 4.29. The Morgan fingerprint density at radius 2 is 2.28 bits per heavy atom. The van der Waals surface area contributed by atoms with Crippen molar-refractivity contribution in [1.82, 2.24) is 10.3 Å². The van der Waals surface area contributed by atoms with E-state index >= 15 is 0 Å². The third-order valence-electron chi connectivity index (χ3n) is 2.72. The molecular weight excluding hydrogens is 285 g/mol. The van der Waals surface area contributed by atoms with E-state index < -0.39 is 11.7 Å². The van der Waals surface area contributed by atoms with Crippen molar-refractivity contribution >= 4 is 23.4 Å². The lowest BCUT2D eigenvalue weighted by Gasteiger charge is -2.11. The SMILES string of the molecule is FC(F)(F)c1cnc(SC[C@H]2CCCN2)c(Cl)c1. The van der Waals surface area contributed by atoms with Gasteiger partial charge in [0, 0.05) is 18.0 Å². The number of halogens is 4. The summed E-state index contributed by atoms with van der Waals surface area (Å²) in [6.07, 6.45) is -1.34. The molecule has 1 saturated heterocycles. The number of nitrogens with zero attached hydrogens (tertiary/aromatic N) is 1. The molecule has 1 fully saturated rings. The lowest BCUT2D eigenvalue weighted by atomic mass is 10.3. The predicted octanol–water partition coefficient (Wildman–Crippen LogP) is 3.60. The van der Waals surface area contributed by atoms with Gasteiger partial charge in [0.1, 0.15) is 5.03 Å². The molecule has 0 aliphatic carbocycles.